The number of carboxylic acid groups (broad SMARTS) is 1. The van der Waals surface area contributed by atoms with Crippen LogP contribution in [0.1, 0.15) is 34.5 Å². The van der Waals surface area contributed by atoms with Crippen LogP contribution in [0.15, 0.2) is 72.8 Å². The molecule has 1 fully saturated rings. The number of carbonyl (C=O) groups is 2. The summed E-state index contributed by atoms with van der Waals surface area (Å²) in [7, 11) is 0. The molecule has 8 heteroatoms. The third kappa shape index (κ3) is 3.87. The van der Waals surface area contributed by atoms with Crippen LogP contribution < -0.4 is 0 Å². The maximum Gasteiger partial charge on any atom is 0.308 e. The van der Waals surface area contributed by atoms with Gasteiger partial charge in [-0.2, -0.15) is 0 Å². The number of carboxylic acids is 1. The Bertz CT molecular complexity index is 1530. The summed E-state index contributed by atoms with van der Waals surface area (Å²) >= 11 is 1.31. The highest BCUT2D eigenvalue weighted by atomic mass is 32.1. The molecule has 180 valence electrons. The molecule has 0 spiro atoms. The molecule has 6 rings (SSSR count). The number of hydrogen-bond donors (Lipinski definition) is 1. The van der Waals surface area contributed by atoms with E-state index in [4.69, 9.17) is 4.98 Å². The van der Waals surface area contributed by atoms with Crippen molar-refractivity contribution in [1.82, 2.24) is 14.9 Å². The molecule has 2 aliphatic rings. The fraction of sp³-hybridized carbons (Fsp3) is 0.214. The van der Waals surface area contributed by atoms with Crippen LogP contribution in [0.2, 0.25) is 0 Å². The van der Waals surface area contributed by atoms with Gasteiger partial charge in [0.15, 0.2) is 0 Å². The van der Waals surface area contributed by atoms with Crippen molar-refractivity contribution in [2.45, 2.75) is 18.3 Å². The minimum absolute atomic E-state index is 0.142. The quantitative estimate of drug-likeness (QED) is 0.377. The average molecular weight is 500 g/mol. The second-order valence-corrected chi connectivity index (χ2v) is 10.2. The van der Waals surface area contributed by atoms with Crippen molar-refractivity contribution in [3.05, 3.63) is 95.5 Å². The Balaban J connectivity index is 1.27. The molecule has 0 bridgehead atoms. The molecule has 1 atom stereocenters. The van der Waals surface area contributed by atoms with Crippen LogP contribution in [0.3, 0.4) is 0 Å². The van der Waals surface area contributed by atoms with Crippen LogP contribution >= 0.6 is 11.3 Å². The van der Waals surface area contributed by atoms with Gasteiger partial charge < -0.3 is 10.0 Å². The first-order valence-electron chi connectivity index (χ1n) is 11.8. The predicted molar refractivity (Wildman–Crippen MR) is 135 cm³/mol. The number of benzene rings is 2. The minimum Gasteiger partial charge on any atom is -0.481 e. The summed E-state index contributed by atoms with van der Waals surface area (Å²) in [4.78, 5) is 35.9. The molecule has 2 aromatic carbocycles. The van der Waals surface area contributed by atoms with Gasteiger partial charge in [-0.3, -0.25) is 9.59 Å². The van der Waals surface area contributed by atoms with E-state index in [1.54, 1.807) is 12.1 Å². The lowest BCUT2D eigenvalue weighted by atomic mass is 9.89. The van der Waals surface area contributed by atoms with E-state index in [1.165, 1.54) is 22.3 Å². The smallest absolute Gasteiger partial charge is 0.308 e. The van der Waals surface area contributed by atoms with Crippen molar-refractivity contribution in [1.29, 1.82) is 0 Å². The van der Waals surface area contributed by atoms with E-state index in [-0.39, 0.29) is 23.4 Å². The van der Waals surface area contributed by atoms with Crippen LogP contribution in [0.5, 0.6) is 0 Å². The van der Waals surface area contributed by atoms with Gasteiger partial charge in [-0.15, -0.1) is 0 Å². The van der Waals surface area contributed by atoms with Gasteiger partial charge in [0.2, 0.25) is 0 Å². The number of thiazole rings is 1. The number of rotatable bonds is 5. The Morgan fingerprint density at radius 1 is 1.06 bits per heavy atom. The SMILES string of the molecule is O=C(O)C1CCCN(C(=O)c2ccc(-c3nc4ccc(C5(c6ccccc6)C=C5)nc4s3)c(F)c2)C1. The van der Waals surface area contributed by atoms with Gasteiger partial charge in [0.05, 0.1) is 17.0 Å². The molecule has 1 aliphatic carbocycles. The Kier molecular flexibility index (Phi) is 5.41. The number of carbonyl (C=O) groups excluding carboxylic acids is 1. The number of allylic oxidation sites excluding steroid dienone is 2. The molecule has 1 N–H and O–H groups in total. The van der Waals surface area contributed by atoms with Gasteiger partial charge in [0.1, 0.15) is 21.2 Å². The average Bonchev–Trinajstić information content (AvgIpc) is 3.61. The summed E-state index contributed by atoms with van der Waals surface area (Å²) in [5.41, 5.74) is 2.94. The molecule has 1 amide bonds. The Morgan fingerprint density at radius 2 is 1.86 bits per heavy atom. The molecule has 1 unspecified atom stereocenters. The molecular formula is C28H22FN3O3S. The van der Waals surface area contributed by atoms with E-state index in [0.29, 0.717) is 35.5 Å². The third-order valence-electron chi connectivity index (χ3n) is 6.94. The van der Waals surface area contributed by atoms with Crippen molar-refractivity contribution in [2.75, 3.05) is 13.1 Å². The second kappa shape index (κ2) is 8.64. The summed E-state index contributed by atoms with van der Waals surface area (Å²) in [6.07, 6.45) is 5.40. The number of hydrogen-bond acceptors (Lipinski definition) is 5. The minimum atomic E-state index is -0.909. The number of likely N-dealkylation sites (tertiary alicyclic amines) is 1. The molecule has 3 heterocycles. The van der Waals surface area contributed by atoms with Crippen LogP contribution in [0, 0.1) is 11.7 Å². The van der Waals surface area contributed by atoms with Crippen molar-refractivity contribution in [3.63, 3.8) is 0 Å². The maximum atomic E-state index is 15.2. The Hall–Kier alpha value is -3.91. The fourth-order valence-electron chi connectivity index (χ4n) is 4.84. The monoisotopic (exact) mass is 499 g/mol. The largest absolute Gasteiger partial charge is 0.481 e. The number of aromatic nitrogens is 2. The molecule has 4 aromatic rings. The predicted octanol–water partition coefficient (Wildman–Crippen LogP) is 5.29. The lowest BCUT2D eigenvalue weighted by Gasteiger charge is -2.30. The van der Waals surface area contributed by atoms with Crippen LogP contribution in [-0.2, 0) is 10.2 Å². The van der Waals surface area contributed by atoms with Crippen molar-refractivity contribution in [2.24, 2.45) is 5.92 Å². The van der Waals surface area contributed by atoms with Gasteiger partial charge >= 0.3 is 5.97 Å². The summed E-state index contributed by atoms with van der Waals surface area (Å²) in [5.74, 6) is -2.39. The van der Waals surface area contributed by atoms with Crippen LogP contribution in [0.25, 0.3) is 20.9 Å². The van der Waals surface area contributed by atoms with Gasteiger partial charge in [0, 0.05) is 24.2 Å². The Morgan fingerprint density at radius 3 is 2.58 bits per heavy atom. The summed E-state index contributed by atoms with van der Waals surface area (Å²) in [6.45, 7) is 0.611. The fourth-order valence-corrected chi connectivity index (χ4v) is 5.80. The first-order chi connectivity index (χ1) is 17.4. The van der Waals surface area contributed by atoms with E-state index < -0.39 is 17.7 Å². The van der Waals surface area contributed by atoms with E-state index >= 15 is 4.39 Å². The van der Waals surface area contributed by atoms with Crippen molar-refractivity contribution >= 4 is 33.6 Å². The zero-order chi connectivity index (χ0) is 24.9. The van der Waals surface area contributed by atoms with E-state index in [2.05, 4.69) is 29.3 Å². The maximum absolute atomic E-state index is 15.2. The highest BCUT2D eigenvalue weighted by Crippen LogP contribution is 2.45. The van der Waals surface area contributed by atoms with Crippen LogP contribution in [0.4, 0.5) is 4.39 Å². The molecule has 2 aromatic heterocycles. The summed E-state index contributed by atoms with van der Waals surface area (Å²) in [5, 5.41) is 9.78. The summed E-state index contributed by atoms with van der Waals surface area (Å²) < 4.78 is 15.2. The number of aliphatic carboxylic acids is 1. The van der Waals surface area contributed by atoms with Gasteiger partial charge in [-0.05, 0) is 48.7 Å². The molecule has 1 saturated heterocycles. The first kappa shape index (κ1) is 22.5. The third-order valence-corrected chi connectivity index (χ3v) is 7.93. The van der Waals surface area contributed by atoms with E-state index in [0.717, 1.165) is 16.1 Å². The first-order valence-corrected chi connectivity index (χ1v) is 12.6. The molecule has 6 nitrogen and oxygen atoms in total. The normalized spacial score (nSPS) is 18.4. The van der Waals surface area contributed by atoms with Gasteiger partial charge in [0.25, 0.3) is 5.91 Å². The standard InChI is InChI=1S/C28H22FN3O3S/c29-21-15-17(26(33)32-14-4-5-18(16-32)27(34)35)8-9-20(21)24-30-22-10-11-23(31-25(22)36-24)28(12-13-28)19-6-2-1-3-7-19/h1-3,6-13,15,18H,4-5,14,16H2,(H,34,35). The van der Waals surface area contributed by atoms with Crippen molar-refractivity contribution in [3.8, 4) is 10.6 Å². The zero-order valence-corrected chi connectivity index (χ0v) is 20.0. The number of halogens is 1. The van der Waals surface area contributed by atoms with Crippen molar-refractivity contribution < 1.29 is 19.1 Å². The molecule has 1 aliphatic heterocycles. The topological polar surface area (TPSA) is 83.4 Å². The van der Waals surface area contributed by atoms with Crippen LogP contribution in [-0.4, -0.2) is 44.9 Å². The highest BCUT2D eigenvalue weighted by Gasteiger charge is 2.39. The number of pyridine rings is 1. The lowest BCUT2D eigenvalue weighted by Crippen LogP contribution is -2.42. The van der Waals surface area contributed by atoms with Gasteiger partial charge in [-0.25, -0.2) is 14.4 Å². The number of nitrogens with zero attached hydrogens (tertiary/aromatic N) is 3. The van der Waals surface area contributed by atoms with Gasteiger partial charge in [-0.1, -0.05) is 53.8 Å². The lowest BCUT2D eigenvalue weighted by molar-refractivity contribution is -0.143. The zero-order valence-electron chi connectivity index (χ0n) is 19.2. The molecule has 36 heavy (non-hydrogen) atoms. The number of fused-ring (bicyclic) bond motifs is 1. The molecular weight excluding hydrogens is 477 g/mol. The number of piperidine rings is 1. The highest BCUT2D eigenvalue weighted by molar-refractivity contribution is 7.21. The van der Waals surface area contributed by atoms with E-state index in [1.807, 2.05) is 30.3 Å². The molecule has 0 radical (unpaired) electrons. The molecule has 0 saturated carbocycles. The Labute approximate surface area is 210 Å². The second-order valence-electron chi connectivity index (χ2n) is 9.23. The number of amides is 1. The van der Waals surface area contributed by atoms with E-state index in [9.17, 15) is 14.7 Å². The summed E-state index contributed by atoms with van der Waals surface area (Å²) in [6, 6.07) is 18.4.